The van der Waals surface area contributed by atoms with E-state index in [0.29, 0.717) is 19.3 Å². The van der Waals surface area contributed by atoms with E-state index in [-0.39, 0.29) is 19.3 Å². The van der Waals surface area contributed by atoms with Gasteiger partial charge in [-0.2, -0.15) is 0 Å². The Hall–Kier alpha value is -2.49. The number of ether oxygens (including phenoxy) is 3. The van der Waals surface area contributed by atoms with Crippen LogP contribution in [0.5, 0.6) is 0 Å². The lowest BCUT2D eigenvalue weighted by atomic mass is 10.0. The fourth-order valence-electron chi connectivity index (χ4n) is 8.99. The maximum Gasteiger partial charge on any atom is 0.472 e. The van der Waals surface area contributed by atoms with E-state index in [4.69, 9.17) is 32.3 Å². The van der Waals surface area contributed by atoms with Crippen LogP contribution in [0.1, 0.15) is 290 Å². The summed E-state index contributed by atoms with van der Waals surface area (Å²) in [6, 6.07) is 0. The Kier molecular flexibility index (Phi) is 58.0. The summed E-state index contributed by atoms with van der Waals surface area (Å²) >= 11 is 0. The van der Waals surface area contributed by atoms with Gasteiger partial charge in [-0.15, -0.1) is 0 Å². The maximum absolute atomic E-state index is 12.9. The highest BCUT2D eigenvalue weighted by atomic mass is 31.2. The van der Waals surface area contributed by atoms with Crippen LogP contribution in [0.25, 0.3) is 0 Å². The molecule has 0 amide bonds. The van der Waals surface area contributed by atoms with E-state index < -0.39 is 91.5 Å². The van der Waals surface area contributed by atoms with Gasteiger partial charge in [0, 0.05) is 19.3 Å². The molecule has 0 heterocycles. The minimum Gasteiger partial charge on any atom is -0.463 e. The van der Waals surface area contributed by atoms with Crippen molar-refractivity contribution >= 4 is 33.6 Å². The summed E-state index contributed by atoms with van der Waals surface area (Å²) in [6.45, 7) is 2.57. The number of carbonyl (C=O) groups is 3. The van der Waals surface area contributed by atoms with Crippen LogP contribution >= 0.6 is 15.6 Å². The molecule has 83 heavy (non-hydrogen) atoms. The van der Waals surface area contributed by atoms with Crippen LogP contribution in [0.4, 0.5) is 0 Å². The van der Waals surface area contributed by atoms with E-state index in [2.05, 4.69) is 69.4 Å². The lowest BCUT2D eigenvalue weighted by Crippen LogP contribution is -2.30. The Morgan fingerprint density at radius 2 is 0.639 bits per heavy atom. The molecule has 5 unspecified atom stereocenters. The molecule has 18 heteroatoms. The minimum atomic E-state index is -4.91. The summed E-state index contributed by atoms with van der Waals surface area (Å²) < 4.78 is 60.8. The first-order chi connectivity index (χ1) is 40.2. The van der Waals surface area contributed by atoms with E-state index in [1.807, 2.05) is 0 Å². The normalized spacial score (nSPS) is 14.6. The Morgan fingerprint density at radius 1 is 0.349 bits per heavy atom. The molecular weight excluding hydrogens is 1100 g/mol. The van der Waals surface area contributed by atoms with Crippen molar-refractivity contribution in [3.8, 4) is 0 Å². The van der Waals surface area contributed by atoms with Gasteiger partial charge in [0.2, 0.25) is 0 Å². The number of phosphoric ester groups is 2. The summed E-state index contributed by atoms with van der Waals surface area (Å²) in [6.07, 6.45) is 57.3. The Balaban J connectivity index is 4.66. The average molecular weight is 1220 g/mol. The Labute approximate surface area is 504 Å². The molecule has 0 aliphatic rings. The summed E-state index contributed by atoms with van der Waals surface area (Å²) in [5.74, 6) is -1.58. The fourth-order valence-corrected chi connectivity index (χ4v) is 10.6. The predicted octanol–water partition coefficient (Wildman–Crippen LogP) is 17.6. The molecule has 5 atom stereocenters. The molecule has 0 aliphatic carbocycles. The fraction of sp³-hybridized carbons (Fsp3) is 0.831. The molecule has 0 rings (SSSR count). The van der Waals surface area contributed by atoms with Gasteiger partial charge < -0.3 is 34.2 Å². The first-order valence-corrected chi connectivity index (χ1v) is 35.9. The zero-order valence-electron chi connectivity index (χ0n) is 52.4. The van der Waals surface area contributed by atoms with Crippen LogP contribution in [0, 0.1) is 0 Å². The minimum absolute atomic E-state index is 0.110. The van der Waals surface area contributed by atoms with Crippen LogP contribution in [0.2, 0.25) is 0 Å². The third kappa shape index (κ3) is 61.0. The van der Waals surface area contributed by atoms with Gasteiger partial charge in [-0.05, 0) is 77.0 Å². The topological polar surface area (TPSA) is 231 Å². The number of unbranched alkanes of at least 4 members (excludes halogenated alkanes) is 32. The van der Waals surface area contributed by atoms with Crippen molar-refractivity contribution in [3.63, 3.8) is 0 Å². The second-order valence-electron chi connectivity index (χ2n) is 22.2. The van der Waals surface area contributed by atoms with Crippen LogP contribution in [0.15, 0.2) is 48.6 Å². The SMILES string of the molecule is CC/C=C\C/C=C\C/C=C\CCCCCCCCCC(=O)OCC(O)COP(=O)(O)OCC(O)COP(=O)(O)OCC(COC(=O)CCCCCCC/C=C\CCCCCCCC)OC(=O)CCCCCCCCCCCCCCCCC. The lowest BCUT2D eigenvalue weighted by molar-refractivity contribution is -0.161. The number of carbonyl (C=O) groups excluding carboxylic acids is 3. The molecule has 0 aromatic heterocycles. The molecule has 4 N–H and O–H groups in total. The Bertz CT molecular complexity index is 1720. The first-order valence-electron chi connectivity index (χ1n) is 32.9. The van der Waals surface area contributed by atoms with Gasteiger partial charge >= 0.3 is 33.6 Å². The summed E-state index contributed by atoms with van der Waals surface area (Å²) in [5, 5.41) is 20.5. The van der Waals surface area contributed by atoms with Crippen molar-refractivity contribution < 1.29 is 75.8 Å². The third-order valence-electron chi connectivity index (χ3n) is 14.0. The van der Waals surface area contributed by atoms with E-state index in [1.54, 1.807) is 0 Å². The van der Waals surface area contributed by atoms with Gasteiger partial charge in [0.25, 0.3) is 0 Å². The van der Waals surface area contributed by atoms with Crippen LogP contribution < -0.4 is 0 Å². The highest BCUT2D eigenvalue weighted by molar-refractivity contribution is 7.47. The summed E-state index contributed by atoms with van der Waals surface area (Å²) in [4.78, 5) is 58.3. The number of hydrogen-bond acceptors (Lipinski definition) is 14. The van der Waals surface area contributed by atoms with Gasteiger partial charge in [0.05, 0.1) is 26.4 Å². The van der Waals surface area contributed by atoms with Crippen molar-refractivity contribution in [2.75, 3.05) is 39.6 Å². The van der Waals surface area contributed by atoms with E-state index in [9.17, 15) is 43.5 Å². The molecular formula is C65H120O16P2. The molecule has 0 radical (unpaired) electrons. The van der Waals surface area contributed by atoms with Crippen molar-refractivity contribution in [2.24, 2.45) is 0 Å². The number of aliphatic hydroxyl groups excluding tert-OH is 2. The molecule has 0 aromatic rings. The molecule has 16 nitrogen and oxygen atoms in total. The molecule has 0 saturated heterocycles. The highest BCUT2D eigenvalue weighted by Gasteiger charge is 2.29. The number of allylic oxidation sites excluding steroid dienone is 8. The number of phosphoric acid groups is 2. The van der Waals surface area contributed by atoms with Gasteiger partial charge in [0.1, 0.15) is 25.4 Å². The molecule has 0 bridgehead atoms. The molecule has 0 fully saturated rings. The third-order valence-corrected chi connectivity index (χ3v) is 15.9. The monoisotopic (exact) mass is 1220 g/mol. The number of esters is 3. The molecule has 0 spiro atoms. The summed E-state index contributed by atoms with van der Waals surface area (Å²) in [5.41, 5.74) is 0. The van der Waals surface area contributed by atoms with Crippen LogP contribution in [-0.2, 0) is 55.8 Å². The number of rotatable bonds is 63. The number of aliphatic hydroxyl groups is 2. The zero-order valence-corrected chi connectivity index (χ0v) is 54.2. The standard InChI is InChI=1S/C65H120O16P2/c1-4-7-10-13-16-19-22-25-28-29-32-34-36-39-42-45-48-51-63(68)75-54-60(66)55-77-82(71,72)78-56-61(67)57-79-83(73,74)80-59-62(81-65(70)53-50-47-44-41-38-35-31-27-24-21-18-15-12-9-6-3)58-76-64(69)52-49-46-43-40-37-33-30-26-23-20-17-14-11-8-5-2/h7,10,16,19,25-26,28,30,60-62,66-67H,4-6,8-9,11-15,17-18,20-24,27,29,31-59H2,1-3H3,(H,71,72)(H,73,74)/b10-7-,19-16-,28-25-,30-26-. The van der Waals surface area contributed by atoms with Gasteiger partial charge in [-0.25, -0.2) is 9.13 Å². The smallest absolute Gasteiger partial charge is 0.463 e. The van der Waals surface area contributed by atoms with Gasteiger partial charge in [-0.3, -0.25) is 32.5 Å². The lowest BCUT2D eigenvalue weighted by Gasteiger charge is -2.21. The maximum atomic E-state index is 12.9. The van der Waals surface area contributed by atoms with Crippen LogP contribution in [-0.4, -0.2) is 95.9 Å². The van der Waals surface area contributed by atoms with E-state index in [0.717, 1.165) is 128 Å². The summed E-state index contributed by atoms with van der Waals surface area (Å²) in [7, 11) is -9.76. The van der Waals surface area contributed by atoms with Gasteiger partial charge in [0.15, 0.2) is 6.10 Å². The van der Waals surface area contributed by atoms with Crippen LogP contribution in [0.3, 0.4) is 0 Å². The molecule has 486 valence electrons. The Morgan fingerprint density at radius 3 is 1.02 bits per heavy atom. The van der Waals surface area contributed by atoms with Crippen molar-refractivity contribution in [1.29, 1.82) is 0 Å². The molecule has 0 aromatic carbocycles. The highest BCUT2D eigenvalue weighted by Crippen LogP contribution is 2.45. The zero-order chi connectivity index (χ0) is 61.0. The van der Waals surface area contributed by atoms with Gasteiger partial charge in [-0.1, -0.05) is 243 Å². The molecule has 0 saturated carbocycles. The second-order valence-corrected chi connectivity index (χ2v) is 25.2. The van der Waals surface area contributed by atoms with Crippen molar-refractivity contribution in [1.82, 2.24) is 0 Å². The first kappa shape index (κ1) is 80.5. The quantitative estimate of drug-likeness (QED) is 0.0146. The van der Waals surface area contributed by atoms with E-state index in [1.165, 1.54) is 103 Å². The average Bonchev–Trinajstić information content (AvgIpc) is 3.47. The van der Waals surface area contributed by atoms with Crippen molar-refractivity contribution in [2.45, 2.75) is 309 Å². The molecule has 0 aliphatic heterocycles. The largest absolute Gasteiger partial charge is 0.472 e. The second kappa shape index (κ2) is 59.8. The number of hydrogen-bond donors (Lipinski definition) is 4. The van der Waals surface area contributed by atoms with E-state index >= 15 is 0 Å². The predicted molar refractivity (Wildman–Crippen MR) is 335 cm³/mol. The van der Waals surface area contributed by atoms with Crippen molar-refractivity contribution in [3.05, 3.63) is 48.6 Å².